The maximum Gasteiger partial charge on any atom is 0.132 e. The van der Waals surface area contributed by atoms with E-state index in [1.807, 2.05) is 12.1 Å². The van der Waals surface area contributed by atoms with Crippen LogP contribution < -0.4 is 0 Å². The lowest BCUT2D eigenvalue weighted by atomic mass is 10.1. The fourth-order valence-electron chi connectivity index (χ4n) is 1.33. The summed E-state index contributed by atoms with van der Waals surface area (Å²) in [6, 6.07) is 8.15. The van der Waals surface area contributed by atoms with Gasteiger partial charge < -0.3 is 0 Å². The molecule has 2 nitrogen and oxygen atoms in total. The van der Waals surface area contributed by atoms with E-state index in [4.69, 9.17) is 11.6 Å². The first-order valence-electron chi connectivity index (χ1n) is 4.88. The number of benzene rings is 1. The fraction of sp³-hybridized carbons (Fsp3) is 0.167. The van der Waals surface area contributed by atoms with Gasteiger partial charge in [-0.1, -0.05) is 28.1 Å². The van der Waals surface area contributed by atoms with Gasteiger partial charge in [-0.25, -0.2) is 9.97 Å². The van der Waals surface area contributed by atoms with Gasteiger partial charge in [-0.3, -0.25) is 0 Å². The van der Waals surface area contributed by atoms with Crippen LogP contribution in [0.5, 0.6) is 0 Å². The molecule has 16 heavy (non-hydrogen) atoms. The summed E-state index contributed by atoms with van der Waals surface area (Å²) in [6.07, 6.45) is 4.29. The first-order valence-corrected chi connectivity index (χ1v) is 6.21. The van der Waals surface area contributed by atoms with Crippen molar-refractivity contribution in [1.82, 2.24) is 9.97 Å². The van der Waals surface area contributed by atoms with Crippen LogP contribution in [0.4, 0.5) is 0 Å². The number of hydrogen-bond donors (Lipinski definition) is 0. The smallest absolute Gasteiger partial charge is 0.132 e. The van der Waals surface area contributed by atoms with Gasteiger partial charge in [0, 0.05) is 28.9 Å². The van der Waals surface area contributed by atoms with Gasteiger partial charge in [-0.2, -0.15) is 0 Å². The van der Waals surface area contributed by atoms with Gasteiger partial charge in [0.15, 0.2) is 0 Å². The Kier molecular flexibility index (Phi) is 3.91. The van der Waals surface area contributed by atoms with Crippen molar-refractivity contribution in [2.45, 2.75) is 12.3 Å². The highest BCUT2D eigenvalue weighted by Gasteiger charge is 1.99. The normalized spacial score (nSPS) is 10.4. The summed E-state index contributed by atoms with van der Waals surface area (Å²) in [5.41, 5.74) is 2.14. The van der Waals surface area contributed by atoms with Crippen molar-refractivity contribution in [2.24, 2.45) is 0 Å². The van der Waals surface area contributed by atoms with Crippen LogP contribution in [0.15, 0.2) is 41.1 Å². The lowest BCUT2D eigenvalue weighted by Crippen LogP contribution is -1.96. The van der Waals surface area contributed by atoms with Crippen molar-refractivity contribution >= 4 is 27.5 Å². The number of nitrogens with zero attached hydrogens (tertiary/aromatic N) is 2. The first-order chi connectivity index (χ1) is 7.78. The van der Waals surface area contributed by atoms with Crippen LogP contribution in [-0.4, -0.2) is 9.97 Å². The second kappa shape index (κ2) is 5.41. The molecule has 0 radical (unpaired) electrons. The second-order valence-electron chi connectivity index (χ2n) is 3.44. The lowest BCUT2D eigenvalue weighted by Gasteiger charge is -2.01. The molecule has 1 aromatic carbocycles. The van der Waals surface area contributed by atoms with Crippen LogP contribution in [0.25, 0.3) is 0 Å². The van der Waals surface area contributed by atoms with Crippen LogP contribution in [0, 0.1) is 0 Å². The van der Waals surface area contributed by atoms with Crippen molar-refractivity contribution in [3.05, 3.63) is 58.1 Å². The zero-order valence-electron chi connectivity index (χ0n) is 8.53. The van der Waals surface area contributed by atoms with Crippen molar-refractivity contribution in [2.75, 3.05) is 0 Å². The van der Waals surface area contributed by atoms with Crippen LogP contribution in [0.1, 0.15) is 17.0 Å². The molecule has 2 aromatic rings. The first kappa shape index (κ1) is 11.6. The highest BCUT2D eigenvalue weighted by atomic mass is 79.9. The van der Waals surface area contributed by atoms with Crippen LogP contribution >= 0.6 is 27.5 Å². The molecule has 0 unspecified atom stereocenters. The molecule has 0 N–H and O–H groups in total. The number of rotatable bonds is 3. The Morgan fingerprint density at radius 3 is 2.19 bits per heavy atom. The molecule has 0 saturated heterocycles. The monoisotopic (exact) mass is 296 g/mol. The molecule has 4 heteroatoms. The lowest BCUT2D eigenvalue weighted by molar-refractivity contribution is 0.952. The third-order valence-electron chi connectivity index (χ3n) is 2.19. The third kappa shape index (κ3) is 3.03. The van der Waals surface area contributed by atoms with Crippen LogP contribution in [0.2, 0.25) is 0 Å². The summed E-state index contributed by atoms with van der Waals surface area (Å²) in [5, 5.41) is 0. The highest BCUT2D eigenvalue weighted by molar-refractivity contribution is 9.10. The summed E-state index contributed by atoms with van der Waals surface area (Å²) >= 11 is 9.08. The minimum Gasteiger partial charge on any atom is -0.241 e. The van der Waals surface area contributed by atoms with E-state index >= 15 is 0 Å². The SMILES string of the molecule is ClCc1cnc(Cc2ccc(Br)cc2)nc1. The molecule has 0 aliphatic heterocycles. The fourth-order valence-corrected chi connectivity index (χ4v) is 1.73. The van der Waals surface area contributed by atoms with E-state index in [0.717, 1.165) is 22.3 Å². The third-order valence-corrected chi connectivity index (χ3v) is 3.03. The molecule has 82 valence electrons. The van der Waals surface area contributed by atoms with Crippen LogP contribution in [-0.2, 0) is 12.3 Å². The number of aromatic nitrogens is 2. The average Bonchev–Trinajstić information content (AvgIpc) is 2.33. The van der Waals surface area contributed by atoms with E-state index < -0.39 is 0 Å². The summed E-state index contributed by atoms with van der Waals surface area (Å²) in [5.74, 6) is 1.27. The minimum absolute atomic E-state index is 0.457. The Morgan fingerprint density at radius 2 is 1.62 bits per heavy atom. The van der Waals surface area contributed by atoms with E-state index in [2.05, 4.69) is 38.0 Å². The van der Waals surface area contributed by atoms with Gasteiger partial charge in [0.05, 0.1) is 5.88 Å². The molecular weight excluding hydrogens is 288 g/mol. The summed E-state index contributed by atoms with van der Waals surface area (Å²) < 4.78 is 1.08. The van der Waals surface area contributed by atoms with Gasteiger partial charge in [-0.15, -0.1) is 11.6 Å². The minimum atomic E-state index is 0.457. The Bertz CT molecular complexity index is 453. The molecule has 0 atom stereocenters. The van der Waals surface area contributed by atoms with Gasteiger partial charge in [0.2, 0.25) is 0 Å². The Labute approximate surface area is 108 Å². The van der Waals surface area contributed by atoms with Gasteiger partial charge >= 0.3 is 0 Å². The molecule has 0 fully saturated rings. The maximum atomic E-state index is 5.67. The van der Waals surface area contributed by atoms with E-state index in [1.54, 1.807) is 12.4 Å². The van der Waals surface area contributed by atoms with Gasteiger partial charge in [0.25, 0.3) is 0 Å². The Hall–Kier alpha value is -0.930. The van der Waals surface area contributed by atoms with Gasteiger partial charge in [-0.05, 0) is 17.7 Å². The average molecular weight is 298 g/mol. The van der Waals surface area contributed by atoms with E-state index in [9.17, 15) is 0 Å². The quantitative estimate of drug-likeness (QED) is 0.810. The molecule has 0 aliphatic rings. The number of hydrogen-bond acceptors (Lipinski definition) is 2. The zero-order valence-corrected chi connectivity index (χ0v) is 10.9. The van der Waals surface area contributed by atoms with Gasteiger partial charge in [0.1, 0.15) is 5.82 Å². The molecule has 1 heterocycles. The van der Waals surface area contributed by atoms with E-state index in [-0.39, 0.29) is 0 Å². The zero-order chi connectivity index (χ0) is 11.4. The van der Waals surface area contributed by atoms with Crippen molar-refractivity contribution in [3.63, 3.8) is 0 Å². The summed E-state index contributed by atoms with van der Waals surface area (Å²) in [4.78, 5) is 8.52. The van der Waals surface area contributed by atoms with E-state index in [0.29, 0.717) is 5.88 Å². The van der Waals surface area contributed by atoms with E-state index in [1.165, 1.54) is 5.56 Å². The molecular formula is C12H10BrClN2. The van der Waals surface area contributed by atoms with Crippen molar-refractivity contribution in [3.8, 4) is 0 Å². The standard InChI is InChI=1S/C12H10BrClN2/c13-11-3-1-9(2-4-11)5-12-15-7-10(6-14)8-16-12/h1-4,7-8H,5-6H2. The van der Waals surface area contributed by atoms with Crippen molar-refractivity contribution in [1.29, 1.82) is 0 Å². The Morgan fingerprint density at radius 1 is 1.00 bits per heavy atom. The molecule has 2 rings (SSSR count). The second-order valence-corrected chi connectivity index (χ2v) is 4.63. The maximum absolute atomic E-state index is 5.67. The Balaban J connectivity index is 2.11. The molecule has 0 saturated carbocycles. The predicted molar refractivity (Wildman–Crippen MR) is 68.5 cm³/mol. The number of halogens is 2. The molecule has 0 bridgehead atoms. The molecule has 0 spiro atoms. The molecule has 0 amide bonds. The largest absolute Gasteiger partial charge is 0.241 e. The highest BCUT2D eigenvalue weighted by Crippen LogP contribution is 2.12. The molecule has 1 aromatic heterocycles. The van der Waals surface area contributed by atoms with Crippen LogP contribution in [0.3, 0.4) is 0 Å². The number of alkyl halides is 1. The summed E-state index contributed by atoms with van der Waals surface area (Å²) in [7, 11) is 0. The van der Waals surface area contributed by atoms with Crippen molar-refractivity contribution < 1.29 is 0 Å². The molecule has 0 aliphatic carbocycles. The summed E-state index contributed by atoms with van der Waals surface area (Å²) in [6.45, 7) is 0. The predicted octanol–water partition coefficient (Wildman–Crippen LogP) is 3.57. The topological polar surface area (TPSA) is 25.8 Å².